The van der Waals surface area contributed by atoms with Crippen molar-refractivity contribution in [3.63, 3.8) is 0 Å². The lowest BCUT2D eigenvalue weighted by atomic mass is 10.1. The minimum absolute atomic E-state index is 0.116. The Bertz CT molecular complexity index is 673. The number of rotatable bonds is 9. The molecular formula is C20H29N3O6. The maximum Gasteiger partial charge on any atom is 0.315 e. The van der Waals surface area contributed by atoms with Crippen LogP contribution in [0.15, 0.2) is 30.3 Å². The number of carbonyl (C=O) groups excluding carboxylic acids is 2. The van der Waals surface area contributed by atoms with Crippen molar-refractivity contribution in [3.05, 3.63) is 35.9 Å². The molecule has 0 spiro atoms. The van der Waals surface area contributed by atoms with E-state index < -0.39 is 18.3 Å². The van der Waals surface area contributed by atoms with Gasteiger partial charge in [-0.25, -0.2) is 4.79 Å². The lowest BCUT2D eigenvalue weighted by Crippen LogP contribution is -2.44. The zero-order chi connectivity index (χ0) is 20.6. The van der Waals surface area contributed by atoms with Gasteiger partial charge in [0.15, 0.2) is 0 Å². The Morgan fingerprint density at radius 2 is 1.97 bits per heavy atom. The van der Waals surface area contributed by atoms with Crippen LogP contribution in [-0.2, 0) is 25.5 Å². The van der Waals surface area contributed by atoms with Crippen molar-refractivity contribution in [3.8, 4) is 0 Å². The molecule has 0 aliphatic carbocycles. The molecule has 2 saturated heterocycles. The van der Waals surface area contributed by atoms with Crippen molar-refractivity contribution in [1.82, 2.24) is 16.0 Å². The molecule has 4 N–H and O–H groups in total. The van der Waals surface area contributed by atoms with Crippen molar-refractivity contribution >= 4 is 11.9 Å². The molecule has 1 aromatic rings. The second-order valence-electron chi connectivity index (χ2n) is 7.26. The Hall–Kier alpha value is -2.20. The lowest BCUT2D eigenvalue weighted by molar-refractivity contribution is -0.124. The topological polar surface area (TPSA) is 118 Å². The van der Waals surface area contributed by atoms with Crippen molar-refractivity contribution in [2.24, 2.45) is 0 Å². The van der Waals surface area contributed by atoms with Gasteiger partial charge >= 0.3 is 6.03 Å². The number of fused-ring (bicyclic) bond motifs is 1. The number of carbonyl (C=O) groups is 2. The summed E-state index contributed by atoms with van der Waals surface area (Å²) in [6.45, 7) is 1.51. The molecule has 9 nitrogen and oxygen atoms in total. The largest absolute Gasteiger partial charge is 0.388 e. The monoisotopic (exact) mass is 407 g/mol. The van der Waals surface area contributed by atoms with E-state index in [0.29, 0.717) is 26.1 Å². The third-order valence-corrected chi connectivity index (χ3v) is 5.08. The predicted molar refractivity (Wildman–Crippen MR) is 104 cm³/mol. The summed E-state index contributed by atoms with van der Waals surface area (Å²) < 4.78 is 16.6. The Morgan fingerprint density at radius 3 is 2.69 bits per heavy atom. The number of hydrogen-bond donors (Lipinski definition) is 4. The van der Waals surface area contributed by atoms with Gasteiger partial charge in [-0.2, -0.15) is 0 Å². The van der Waals surface area contributed by atoms with E-state index in [1.165, 1.54) is 0 Å². The second-order valence-corrected chi connectivity index (χ2v) is 7.26. The third kappa shape index (κ3) is 6.14. The molecule has 2 aliphatic heterocycles. The molecule has 29 heavy (non-hydrogen) atoms. The highest BCUT2D eigenvalue weighted by Gasteiger charge is 2.50. The summed E-state index contributed by atoms with van der Waals surface area (Å²) in [6.07, 6.45) is -1.68. The molecule has 0 aromatic heterocycles. The standard InChI is InChI=1S/C20H29N3O6/c1-27-8-7-21-17(24)10-14-9-15-19(28-14)18(25)16(29-15)12-23-20(26)22-11-13-5-3-2-4-6-13/h2-6,14-16,18-19,25H,7-12H2,1H3,(H,21,24)(H2,22,23,26). The molecule has 2 fully saturated rings. The molecule has 3 rings (SSSR count). The summed E-state index contributed by atoms with van der Waals surface area (Å²) in [6, 6.07) is 9.26. The summed E-state index contributed by atoms with van der Waals surface area (Å²) in [4.78, 5) is 23.8. The van der Waals surface area contributed by atoms with Gasteiger partial charge in [0.05, 0.1) is 25.2 Å². The summed E-state index contributed by atoms with van der Waals surface area (Å²) >= 11 is 0. The van der Waals surface area contributed by atoms with E-state index in [4.69, 9.17) is 14.2 Å². The first-order valence-electron chi connectivity index (χ1n) is 9.87. The van der Waals surface area contributed by atoms with Gasteiger partial charge in [0.2, 0.25) is 5.91 Å². The number of methoxy groups -OCH3 is 1. The molecular weight excluding hydrogens is 378 g/mol. The van der Waals surface area contributed by atoms with E-state index in [1.807, 2.05) is 30.3 Å². The number of amides is 3. The zero-order valence-corrected chi connectivity index (χ0v) is 16.5. The fourth-order valence-electron chi connectivity index (χ4n) is 3.61. The van der Waals surface area contributed by atoms with E-state index in [-0.39, 0.29) is 37.1 Å². The maximum absolute atomic E-state index is 12.0. The van der Waals surface area contributed by atoms with Crippen LogP contribution in [-0.4, -0.2) is 74.4 Å². The average molecular weight is 407 g/mol. The molecule has 160 valence electrons. The number of hydrogen-bond acceptors (Lipinski definition) is 6. The molecule has 0 bridgehead atoms. The van der Waals surface area contributed by atoms with Gasteiger partial charge in [-0.3, -0.25) is 4.79 Å². The summed E-state index contributed by atoms with van der Waals surface area (Å²) in [5, 5.41) is 18.7. The van der Waals surface area contributed by atoms with Gasteiger partial charge in [-0.05, 0) is 5.56 Å². The SMILES string of the molecule is COCCNC(=O)CC1CC2OC(CNC(=O)NCc3ccccc3)C(O)C2O1. The van der Waals surface area contributed by atoms with Crippen LogP contribution in [0.25, 0.3) is 0 Å². The minimum Gasteiger partial charge on any atom is -0.388 e. The van der Waals surface area contributed by atoms with Crippen LogP contribution in [0, 0.1) is 0 Å². The number of nitrogens with one attached hydrogen (secondary N) is 3. The van der Waals surface area contributed by atoms with Crippen molar-refractivity contribution in [2.45, 2.75) is 49.9 Å². The summed E-state index contributed by atoms with van der Waals surface area (Å²) in [5.41, 5.74) is 1.00. The quantitative estimate of drug-likeness (QED) is 0.426. The first kappa shape index (κ1) is 21.5. The molecule has 1 aromatic carbocycles. The van der Waals surface area contributed by atoms with Gasteiger partial charge in [-0.15, -0.1) is 0 Å². The highest BCUT2D eigenvalue weighted by atomic mass is 16.6. The normalized spacial score (nSPS) is 28.0. The Balaban J connectivity index is 1.35. The van der Waals surface area contributed by atoms with Crippen molar-refractivity contribution < 1.29 is 28.9 Å². The first-order valence-corrected chi connectivity index (χ1v) is 9.87. The molecule has 5 unspecified atom stereocenters. The smallest absolute Gasteiger partial charge is 0.315 e. The lowest BCUT2D eigenvalue weighted by Gasteiger charge is -2.20. The number of urea groups is 1. The van der Waals surface area contributed by atoms with Gasteiger partial charge < -0.3 is 35.3 Å². The van der Waals surface area contributed by atoms with E-state index in [1.54, 1.807) is 7.11 Å². The highest BCUT2D eigenvalue weighted by molar-refractivity contribution is 5.76. The highest BCUT2D eigenvalue weighted by Crippen LogP contribution is 2.35. The van der Waals surface area contributed by atoms with E-state index in [2.05, 4.69) is 16.0 Å². The molecule has 0 radical (unpaired) electrons. The van der Waals surface area contributed by atoms with Crippen molar-refractivity contribution in [2.75, 3.05) is 26.8 Å². The van der Waals surface area contributed by atoms with Crippen LogP contribution in [0.1, 0.15) is 18.4 Å². The van der Waals surface area contributed by atoms with Gasteiger partial charge in [0.1, 0.15) is 18.3 Å². The van der Waals surface area contributed by atoms with Gasteiger partial charge in [0, 0.05) is 33.2 Å². The summed E-state index contributed by atoms with van der Waals surface area (Å²) in [5.74, 6) is -0.116. The van der Waals surface area contributed by atoms with Crippen molar-refractivity contribution in [1.29, 1.82) is 0 Å². The second kappa shape index (κ2) is 10.5. The van der Waals surface area contributed by atoms with Crippen LogP contribution in [0.3, 0.4) is 0 Å². The van der Waals surface area contributed by atoms with Gasteiger partial charge in [-0.1, -0.05) is 30.3 Å². The Labute approximate surface area is 170 Å². The molecule has 2 aliphatic rings. The third-order valence-electron chi connectivity index (χ3n) is 5.08. The van der Waals surface area contributed by atoms with Crippen LogP contribution in [0.2, 0.25) is 0 Å². The molecule has 2 heterocycles. The number of aliphatic hydroxyl groups is 1. The molecule has 9 heteroatoms. The number of benzene rings is 1. The number of ether oxygens (including phenoxy) is 3. The first-order chi connectivity index (χ1) is 14.1. The molecule has 3 amide bonds. The molecule has 5 atom stereocenters. The van der Waals surface area contributed by atoms with Crippen LogP contribution in [0.5, 0.6) is 0 Å². The Morgan fingerprint density at radius 1 is 1.17 bits per heavy atom. The van der Waals surface area contributed by atoms with E-state index in [0.717, 1.165) is 5.56 Å². The fourth-order valence-corrected chi connectivity index (χ4v) is 3.61. The van der Waals surface area contributed by atoms with Gasteiger partial charge in [0.25, 0.3) is 0 Å². The van der Waals surface area contributed by atoms with Crippen LogP contribution in [0.4, 0.5) is 4.79 Å². The summed E-state index contributed by atoms with van der Waals surface area (Å²) in [7, 11) is 1.57. The van der Waals surface area contributed by atoms with E-state index in [9.17, 15) is 14.7 Å². The fraction of sp³-hybridized carbons (Fsp3) is 0.600. The zero-order valence-electron chi connectivity index (χ0n) is 16.5. The minimum atomic E-state index is -0.851. The van der Waals surface area contributed by atoms with E-state index >= 15 is 0 Å². The maximum atomic E-state index is 12.0. The van der Waals surface area contributed by atoms with Crippen LogP contribution >= 0.6 is 0 Å². The average Bonchev–Trinajstić information content (AvgIpc) is 3.24. The van der Waals surface area contributed by atoms with Crippen LogP contribution < -0.4 is 16.0 Å². The predicted octanol–water partition coefficient (Wildman–Crippen LogP) is -0.0757. The Kier molecular flexibility index (Phi) is 7.82. The number of aliphatic hydroxyl groups excluding tert-OH is 1. The molecule has 0 saturated carbocycles.